The van der Waals surface area contributed by atoms with Gasteiger partial charge in [0, 0.05) is 45.9 Å². The van der Waals surface area contributed by atoms with E-state index in [1.807, 2.05) is 0 Å². The monoisotopic (exact) mass is 766 g/mol. The molecule has 1 N–H and O–H groups in total. The second-order valence-corrected chi connectivity index (χ2v) is 18.6. The van der Waals surface area contributed by atoms with Crippen molar-refractivity contribution in [3.05, 3.63) is 80.6 Å². The van der Waals surface area contributed by atoms with E-state index in [0.717, 1.165) is 12.3 Å². The summed E-state index contributed by atoms with van der Waals surface area (Å²) in [6.07, 6.45) is -6.73. The summed E-state index contributed by atoms with van der Waals surface area (Å²) in [6.45, 7) is 2.24. The van der Waals surface area contributed by atoms with Crippen molar-refractivity contribution in [2.24, 2.45) is 0 Å². The predicted molar refractivity (Wildman–Crippen MR) is 175 cm³/mol. The molecule has 0 aliphatic rings. The molecule has 10 nitrogen and oxygen atoms in total. The molecule has 4 rings (SSSR count). The highest BCUT2D eigenvalue weighted by molar-refractivity contribution is 6.76. The number of fused-ring (bicyclic) bond motifs is 1. The number of alkyl halides is 8. The van der Waals surface area contributed by atoms with Gasteiger partial charge in [-0.15, -0.1) is 0 Å². The van der Waals surface area contributed by atoms with Crippen molar-refractivity contribution in [2.75, 3.05) is 18.5 Å². The minimum atomic E-state index is -5.11. The SMILES string of the molecule is C[Si](C)(C)CCOCn1ncc(NC(CCCn2ccc3cc(-c4ncc(C(F)(F)F)cn4)c(F)cc3c2=O)CCOC(F)F)c(C(F)(F)F)c1=O. The number of pyridine rings is 1. The fraction of sp³-hybridized carbons (Fsp3) is 0.469. The van der Waals surface area contributed by atoms with Gasteiger partial charge in [0.25, 0.3) is 11.1 Å². The normalized spacial score (nSPS) is 13.2. The van der Waals surface area contributed by atoms with Crippen molar-refractivity contribution in [1.82, 2.24) is 24.3 Å². The first-order chi connectivity index (χ1) is 24.2. The third-order valence-electron chi connectivity index (χ3n) is 7.84. The van der Waals surface area contributed by atoms with E-state index in [9.17, 15) is 44.7 Å². The zero-order chi connectivity index (χ0) is 38.4. The van der Waals surface area contributed by atoms with Crippen molar-refractivity contribution < 1.29 is 49.0 Å². The fourth-order valence-corrected chi connectivity index (χ4v) is 5.83. The van der Waals surface area contributed by atoms with Crippen LogP contribution in [0.5, 0.6) is 0 Å². The maximum Gasteiger partial charge on any atom is 0.423 e. The number of aromatic nitrogens is 5. The zero-order valence-electron chi connectivity index (χ0n) is 28.1. The van der Waals surface area contributed by atoms with Crippen LogP contribution >= 0.6 is 0 Å². The Morgan fingerprint density at radius 3 is 2.23 bits per heavy atom. The van der Waals surface area contributed by atoms with Crippen LogP contribution in [0.25, 0.3) is 22.2 Å². The summed E-state index contributed by atoms with van der Waals surface area (Å²) in [5, 5.41) is 6.55. The van der Waals surface area contributed by atoms with E-state index >= 15 is 4.39 Å². The number of hydrogen-bond donors (Lipinski definition) is 1. The average Bonchev–Trinajstić information content (AvgIpc) is 3.03. The molecule has 0 saturated carbocycles. The quantitative estimate of drug-likeness (QED) is 0.0714. The second-order valence-electron chi connectivity index (χ2n) is 13.0. The molecule has 0 saturated heterocycles. The lowest BCUT2D eigenvalue weighted by atomic mass is 10.1. The van der Waals surface area contributed by atoms with Crippen LogP contribution in [0, 0.1) is 5.82 Å². The van der Waals surface area contributed by atoms with Gasteiger partial charge >= 0.3 is 19.0 Å². The van der Waals surface area contributed by atoms with Crippen LogP contribution in [0.1, 0.15) is 30.4 Å². The van der Waals surface area contributed by atoms with Gasteiger partial charge in [-0.3, -0.25) is 9.59 Å². The van der Waals surface area contributed by atoms with Gasteiger partial charge in [-0.05, 0) is 48.9 Å². The molecular formula is C32H35F9N6O4Si. The first-order valence-electron chi connectivity index (χ1n) is 15.9. The number of ether oxygens (including phenoxy) is 2. The molecule has 52 heavy (non-hydrogen) atoms. The van der Waals surface area contributed by atoms with E-state index in [-0.39, 0.29) is 54.6 Å². The molecule has 0 fully saturated rings. The highest BCUT2D eigenvalue weighted by atomic mass is 28.3. The van der Waals surface area contributed by atoms with Crippen LogP contribution in [-0.2, 0) is 35.1 Å². The second kappa shape index (κ2) is 16.6. The van der Waals surface area contributed by atoms with Gasteiger partial charge in [0.2, 0.25) is 0 Å². The summed E-state index contributed by atoms with van der Waals surface area (Å²) in [4.78, 5) is 33.3. The first kappa shape index (κ1) is 40.5. The number of hydrogen-bond acceptors (Lipinski definition) is 8. The molecule has 1 aromatic carbocycles. The standard InChI is InChI=1S/C32H35F9N6O4Si/c1-52(2,3)12-11-50-18-47-29(49)26(32(39,40)41)25(17-44-47)45-21(7-10-51-30(34)35)5-4-8-46-9-6-19-13-23(24(33)14-22(19)28(46)48)27-42-15-20(16-43-27)31(36,37)38/h6,9,13-17,21,30,45H,4-5,7-8,10-12,18H2,1-3H3. The largest absolute Gasteiger partial charge is 0.423 e. The molecule has 3 heterocycles. The molecule has 0 radical (unpaired) electrons. The lowest BCUT2D eigenvalue weighted by molar-refractivity contribution is -0.139. The molecule has 0 amide bonds. The Bertz CT molecular complexity index is 1950. The Hall–Kier alpha value is -4.30. The van der Waals surface area contributed by atoms with E-state index in [0.29, 0.717) is 23.1 Å². The van der Waals surface area contributed by atoms with E-state index in [1.165, 1.54) is 22.9 Å². The number of rotatable bonds is 16. The number of anilines is 1. The van der Waals surface area contributed by atoms with Gasteiger partial charge in [-0.2, -0.15) is 40.2 Å². The Kier molecular flexibility index (Phi) is 12.9. The van der Waals surface area contributed by atoms with Crippen LogP contribution < -0.4 is 16.4 Å². The molecular weight excluding hydrogens is 731 g/mol. The molecule has 0 aliphatic carbocycles. The van der Waals surface area contributed by atoms with E-state index in [1.54, 1.807) is 0 Å². The minimum absolute atomic E-state index is 0.00974. The smallest absolute Gasteiger partial charge is 0.380 e. The Morgan fingerprint density at radius 1 is 0.923 bits per heavy atom. The highest BCUT2D eigenvalue weighted by Gasteiger charge is 2.39. The molecule has 4 aromatic rings. The van der Waals surface area contributed by atoms with Gasteiger partial charge in [0.15, 0.2) is 5.82 Å². The maximum atomic E-state index is 15.0. The molecule has 20 heteroatoms. The lowest BCUT2D eigenvalue weighted by Gasteiger charge is -2.23. The van der Waals surface area contributed by atoms with Crippen LogP contribution in [0.2, 0.25) is 25.7 Å². The van der Waals surface area contributed by atoms with Crippen molar-refractivity contribution in [3.63, 3.8) is 0 Å². The summed E-state index contributed by atoms with van der Waals surface area (Å²) in [5.74, 6) is -1.31. The number of nitrogens with one attached hydrogen (secondary N) is 1. The molecule has 0 spiro atoms. The van der Waals surface area contributed by atoms with Gasteiger partial charge < -0.3 is 19.4 Å². The van der Waals surface area contributed by atoms with Gasteiger partial charge in [0.1, 0.15) is 18.1 Å². The molecule has 1 unspecified atom stereocenters. The van der Waals surface area contributed by atoms with Gasteiger partial charge in [-0.1, -0.05) is 19.6 Å². The van der Waals surface area contributed by atoms with Crippen molar-refractivity contribution in [2.45, 2.75) is 83.2 Å². The van der Waals surface area contributed by atoms with E-state index in [4.69, 9.17) is 4.74 Å². The summed E-state index contributed by atoms with van der Waals surface area (Å²) in [5.41, 5.74) is -5.71. The van der Waals surface area contributed by atoms with E-state index < -0.39 is 80.2 Å². The van der Waals surface area contributed by atoms with Crippen LogP contribution in [0.4, 0.5) is 45.2 Å². The van der Waals surface area contributed by atoms with Crippen molar-refractivity contribution >= 4 is 24.5 Å². The Morgan fingerprint density at radius 2 is 1.62 bits per heavy atom. The average molecular weight is 767 g/mol. The topological polar surface area (TPSA) is 113 Å². The predicted octanol–water partition coefficient (Wildman–Crippen LogP) is 7.39. The molecule has 0 aliphatic heterocycles. The number of aryl methyl sites for hydroxylation is 1. The van der Waals surface area contributed by atoms with Crippen LogP contribution in [0.15, 0.2) is 52.6 Å². The molecule has 3 aromatic heterocycles. The lowest BCUT2D eigenvalue weighted by Crippen LogP contribution is -2.34. The summed E-state index contributed by atoms with van der Waals surface area (Å²) in [7, 11) is -1.51. The minimum Gasteiger partial charge on any atom is -0.380 e. The Labute approximate surface area is 291 Å². The third-order valence-corrected chi connectivity index (χ3v) is 9.55. The van der Waals surface area contributed by atoms with E-state index in [2.05, 4.69) is 44.8 Å². The number of nitrogens with zero attached hydrogens (tertiary/aromatic N) is 5. The van der Waals surface area contributed by atoms with Crippen LogP contribution in [-0.4, -0.2) is 58.3 Å². The number of halogens is 9. The van der Waals surface area contributed by atoms with Crippen LogP contribution in [0.3, 0.4) is 0 Å². The fourth-order valence-electron chi connectivity index (χ4n) is 5.08. The maximum absolute atomic E-state index is 15.0. The third kappa shape index (κ3) is 10.9. The van der Waals surface area contributed by atoms with Gasteiger partial charge in [0.05, 0.1) is 35.0 Å². The summed E-state index contributed by atoms with van der Waals surface area (Å²) >= 11 is 0. The molecule has 284 valence electrons. The highest BCUT2D eigenvalue weighted by Crippen LogP contribution is 2.33. The van der Waals surface area contributed by atoms with Crippen molar-refractivity contribution in [1.29, 1.82) is 0 Å². The van der Waals surface area contributed by atoms with Crippen molar-refractivity contribution in [3.8, 4) is 11.4 Å². The zero-order valence-corrected chi connectivity index (χ0v) is 29.1. The first-order valence-corrected chi connectivity index (χ1v) is 19.6. The Balaban J connectivity index is 1.51. The number of benzene rings is 1. The molecule has 0 bridgehead atoms. The van der Waals surface area contributed by atoms with Gasteiger partial charge in [-0.25, -0.2) is 19.0 Å². The summed E-state index contributed by atoms with van der Waals surface area (Å²) in [6, 6.07) is 3.30. The molecule has 1 atom stereocenters. The summed E-state index contributed by atoms with van der Waals surface area (Å²) < 4.78 is 133.